The highest BCUT2D eigenvalue weighted by atomic mass is 16.2. The topological polar surface area (TPSA) is 70.1 Å². The minimum absolute atomic E-state index is 0.0422. The van der Waals surface area contributed by atoms with Gasteiger partial charge in [-0.25, -0.2) is 4.79 Å². The van der Waals surface area contributed by atoms with Gasteiger partial charge < -0.3 is 15.2 Å². The molecular formula is C21H30N4O2. The number of nitrogens with zero attached hydrogens (tertiary/aromatic N) is 2. The van der Waals surface area contributed by atoms with Crippen LogP contribution in [0.2, 0.25) is 0 Å². The van der Waals surface area contributed by atoms with Gasteiger partial charge in [0, 0.05) is 25.6 Å². The van der Waals surface area contributed by atoms with Crippen LogP contribution < -0.4 is 11.0 Å². The maximum atomic E-state index is 12.8. The maximum absolute atomic E-state index is 12.8. The number of hydrogen-bond donors (Lipinski definition) is 2. The molecular weight excluding hydrogens is 340 g/mol. The van der Waals surface area contributed by atoms with Crippen molar-refractivity contribution in [2.75, 3.05) is 26.2 Å². The molecule has 3 heterocycles. The molecule has 4 rings (SSSR count). The van der Waals surface area contributed by atoms with E-state index in [0.717, 1.165) is 50.1 Å². The maximum Gasteiger partial charge on any atom is 0.326 e. The number of aromatic nitrogens is 2. The number of nitrogens with one attached hydrogen (secondary N) is 2. The van der Waals surface area contributed by atoms with Crippen molar-refractivity contribution < 1.29 is 4.79 Å². The monoisotopic (exact) mass is 370 g/mol. The number of carbonyl (C=O) groups excluding carboxylic acids is 1. The smallest absolute Gasteiger partial charge is 0.326 e. The Balaban J connectivity index is 1.36. The normalized spacial score (nSPS) is 22.9. The molecule has 27 heavy (non-hydrogen) atoms. The summed E-state index contributed by atoms with van der Waals surface area (Å²) in [6, 6.07) is 8.00. The molecule has 2 aliphatic heterocycles. The van der Waals surface area contributed by atoms with E-state index in [1.807, 2.05) is 33.7 Å². The fraction of sp³-hybridized carbons (Fsp3) is 0.619. The van der Waals surface area contributed by atoms with E-state index in [4.69, 9.17) is 0 Å². The summed E-state index contributed by atoms with van der Waals surface area (Å²) in [7, 11) is 0. The number of fused-ring (bicyclic) bond motifs is 1. The summed E-state index contributed by atoms with van der Waals surface area (Å²) in [5.41, 5.74) is 1.81. The second-order valence-electron chi connectivity index (χ2n) is 8.22. The van der Waals surface area contributed by atoms with Crippen molar-refractivity contribution in [1.82, 2.24) is 19.8 Å². The fourth-order valence-electron chi connectivity index (χ4n) is 4.75. The number of carbonyl (C=O) groups is 1. The van der Waals surface area contributed by atoms with Gasteiger partial charge in [0.1, 0.15) is 0 Å². The van der Waals surface area contributed by atoms with Crippen LogP contribution in [0.3, 0.4) is 0 Å². The van der Waals surface area contributed by atoms with Gasteiger partial charge in [0.2, 0.25) is 5.91 Å². The minimum atomic E-state index is -0.0422. The number of imidazole rings is 1. The Hall–Kier alpha value is -2.08. The molecule has 0 spiro atoms. The first kappa shape index (κ1) is 18.3. The number of rotatable bonds is 4. The van der Waals surface area contributed by atoms with Crippen molar-refractivity contribution >= 4 is 16.9 Å². The zero-order valence-corrected chi connectivity index (χ0v) is 16.1. The molecule has 2 unspecified atom stereocenters. The third-order valence-corrected chi connectivity index (χ3v) is 6.44. The molecule has 0 bridgehead atoms. The summed E-state index contributed by atoms with van der Waals surface area (Å²) < 4.78 is 1.88. The number of hydrogen-bond acceptors (Lipinski definition) is 3. The SMILES string of the molecule is CC(CC(=O)N1CCC(n2c(=O)[nH]c3ccccc32)CC1)C1CCCNC1. The quantitative estimate of drug-likeness (QED) is 0.869. The lowest BCUT2D eigenvalue weighted by Gasteiger charge is -2.34. The Morgan fingerprint density at radius 1 is 1.22 bits per heavy atom. The van der Waals surface area contributed by atoms with Crippen LogP contribution >= 0.6 is 0 Å². The van der Waals surface area contributed by atoms with Crippen molar-refractivity contribution in [2.45, 2.75) is 45.1 Å². The zero-order valence-electron chi connectivity index (χ0n) is 16.1. The van der Waals surface area contributed by atoms with Gasteiger partial charge in [-0.15, -0.1) is 0 Å². The number of piperidine rings is 2. The first-order valence-electron chi connectivity index (χ1n) is 10.3. The van der Waals surface area contributed by atoms with Crippen LogP contribution in [0.1, 0.15) is 45.1 Å². The zero-order chi connectivity index (χ0) is 18.8. The van der Waals surface area contributed by atoms with Crippen molar-refractivity contribution in [2.24, 2.45) is 11.8 Å². The highest BCUT2D eigenvalue weighted by molar-refractivity contribution is 5.77. The molecule has 0 radical (unpaired) electrons. The third-order valence-electron chi connectivity index (χ3n) is 6.44. The van der Waals surface area contributed by atoms with E-state index in [9.17, 15) is 9.59 Å². The van der Waals surface area contributed by atoms with E-state index in [0.29, 0.717) is 18.3 Å². The first-order valence-corrected chi connectivity index (χ1v) is 10.3. The van der Waals surface area contributed by atoms with E-state index >= 15 is 0 Å². The number of benzene rings is 1. The van der Waals surface area contributed by atoms with Gasteiger partial charge in [-0.05, 0) is 62.7 Å². The lowest BCUT2D eigenvalue weighted by Crippen LogP contribution is -2.42. The van der Waals surface area contributed by atoms with Crippen LogP contribution in [0, 0.1) is 11.8 Å². The van der Waals surface area contributed by atoms with E-state index in [1.165, 1.54) is 12.8 Å². The average Bonchev–Trinajstić information content (AvgIpc) is 3.04. The molecule has 146 valence electrons. The summed E-state index contributed by atoms with van der Waals surface area (Å²) >= 11 is 0. The van der Waals surface area contributed by atoms with Crippen molar-refractivity contribution in [3.05, 3.63) is 34.7 Å². The predicted octanol–water partition coefficient (Wildman–Crippen LogP) is 2.52. The van der Waals surface area contributed by atoms with Crippen LogP contribution in [0.4, 0.5) is 0 Å². The fourth-order valence-corrected chi connectivity index (χ4v) is 4.75. The van der Waals surface area contributed by atoms with Crippen LogP contribution in [0.25, 0.3) is 11.0 Å². The summed E-state index contributed by atoms with van der Waals surface area (Å²) in [5, 5.41) is 3.45. The largest absolute Gasteiger partial charge is 0.343 e. The van der Waals surface area contributed by atoms with Crippen molar-refractivity contribution in [1.29, 1.82) is 0 Å². The Morgan fingerprint density at radius 2 is 2.00 bits per heavy atom. The van der Waals surface area contributed by atoms with Gasteiger partial charge in [0.25, 0.3) is 0 Å². The molecule has 2 fully saturated rings. The van der Waals surface area contributed by atoms with Crippen molar-refractivity contribution in [3.63, 3.8) is 0 Å². The van der Waals surface area contributed by atoms with Gasteiger partial charge in [0.05, 0.1) is 11.0 Å². The molecule has 1 aromatic carbocycles. The molecule has 2 saturated heterocycles. The minimum Gasteiger partial charge on any atom is -0.343 e. The highest BCUT2D eigenvalue weighted by Gasteiger charge is 2.28. The van der Waals surface area contributed by atoms with Gasteiger partial charge >= 0.3 is 5.69 Å². The predicted molar refractivity (Wildman–Crippen MR) is 107 cm³/mol. The van der Waals surface area contributed by atoms with Crippen LogP contribution in [0.5, 0.6) is 0 Å². The molecule has 1 amide bonds. The average molecular weight is 370 g/mol. The second kappa shape index (κ2) is 7.89. The number of amides is 1. The van der Waals surface area contributed by atoms with Crippen LogP contribution in [-0.4, -0.2) is 46.5 Å². The summed E-state index contributed by atoms with van der Waals surface area (Å²) in [6.07, 6.45) is 4.77. The van der Waals surface area contributed by atoms with Gasteiger partial charge in [0.15, 0.2) is 0 Å². The summed E-state index contributed by atoms with van der Waals surface area (Å²) in [5.74, 6) is 1.32. The Bertz CT molecular complexity index is 841. The van der Waals surface area contributed by atoms with E-state index in [-0.39, 0.29) is 17.6 Å². The molecule has 6 heteroatoms. The van der Waals surface area contributed by atoms with E-state index < -0.39 is 0 Å². The molecule has 0 aliphatic carbocycles. The number of H-pyrrole nitrogens is 1. The molecule has 2 N–H and O–H groups in total. The van der Waals surface area contributed by atoms with Gasteiger partial charge in [-0.2, -0.15) is 0 Å². The molecule has 1 aromatic heterocycles. The lowest BCUT2D eigenvalue weighted by atomic mass is 9.85. The number of para-hydroxylation sites is 2. The van der Waals surface area contributed by atoms with Crippen LogP contribution in [0.15, 0.2) is 29.1 Å². The molecule has 2 aromatic rings. The number of likely N-dealkylation sites (tertiary alicyclic amines) is 1. The Kier molecular flexibility index (Phi) is 5.34. The van der Waals surface area contributed by atoms with E-state index in [2.05, 4.69) is 17.2 Å². The first-order chi connectivity index (χ1) is 13.1. The van der Waals surface area contributed by atoms with Gasteiger partial charge in [-0.3, -0.25) is 9.36 Å². The third kappa shape index (κ3) is 3.81. The molecule has 0 saturated carbocycles. The molecule has 6 nitrogen and oxygen atoms in total. The lowest BCUT2D eigenvalue weighted by molar-refractivity contribution is -0.133. The second-order valence-corrected chi connectivity index (χ2v) is 8.22. The van der Waals surface area contributed by atoms with Crippen LogP contribution in [-0.2, 0) is 4.79 Å². The van der Waals surface area contributed by atoms with Crippen molar-refractivity contribution in [3.8, 4) is 0 Å². The Labute approximate surface area is 159 Å². The van der Waals surface area contributed by atoms with E-state index in [1.54, 1.807) is 0 Å². The summed E-state index contributed by atoms with van der Waals surface area (Å²) in [4.78, 5) is 30.1. The summed E-state index contributed by atoms with van der Waals surface area (Å²) in [6.45, 7) is 5.85. The number of aromatic amines is 1. The Morgan fingerprint density at radius 3 is 2.74 bits per heavy atom. The standard InChI is InChI=1S/C21H30N4O2/c1-15(16-5-4-10-22-14-16)13-20(26)24-11-8-17(9-12-24)25-19-7-3-2-6-18(19)23-21(25)27/h2-3,6-7,15-17,22H,4-5,8-14H2,1H3,(H,23,27). The molecule has 2 aliphatic rings. The van der Waals surface area contributed by atoms with Gasteiger partial charge in [-0.1, -0.05) is 19.1 Å². The molecule has 2 atom stereocenters. The highest BCUT2D eigenvalue weighted by Crippen LogP contribution is 2.27.